The fourth-order valence-corrected chi connectivity index (χ4v) is 4.72. The van der Waals surface area contributed by atoms with Crippen molar-refractivity contribution in [3.63, 3.8) is 0 Å². The van der Waals surface area contributed by atoms with Gasteiger partial charge >= 0.3 is 0 Å². The Morgan fingerprint density at radius 2 is 2.00 bits per heavy atom. The predicted octanol–water partition coefficient (Wildman–Crippen LogP) is 2.09. The van der Waals surface area contributed by atoms with Crippen LogP contribution in [0.3, 0.4) is 0 Å². The van der Waals surface area contributed by atoms with Crippen molar-refractivity contribution in [2.75, 3.05) is 18.1 Å². The van der Waals surface area contributed by atoms with E-state index >= 15 is 0 Å². The van der Waals surface area contributed by atoms with E-state index in [9.17, 15) is 9.59 Å². The van der Waals surface area contributed by atoms with Gasteiger partial charge in [-0.15, -0.1) is 11.8 Å². The highest BCUT2D eigenvalue weighted by Gasteiger charge is 2.36. The van der Waals surface area contributed by atoms with Crippen LogP contribution >= 0.6 is 11.8 Å². The van der Waals surface area contributed by atoms with E-state index in [0.29, 0.717) is 29.4 Å². The molecule has 1 aromatic rings. The maximum Gasteiger partial charge on any atom is 0.253 e. The lowest BCUT2D eigenvalue weighted by molar-refractivity contribution is -0.113. The fourth-order valence-electron chi connectivity index (χ4n) is 3.93. The number of fused-ring (bicyclic) bond motifs is 3. The van der Waals surface area contributed by atoms with Crippen LogP contribution in [-0.4, -0.2) is 47.6 Å². The highest BCUT2D eigenvalue weighted by atomic mass is 32.2. The molecule has 122 valence electrons. The number of thioether (sulfide) groups is 1. The van der Waals surface area contributed by atoms with Gasteiger partial charge in [0.15, 0.2) is 0 Å². The SMILES string of the molecule is CN(C(=O)c1ccc2c(c1)NC(=O)CS2)C1CC2CCC(C1)N2. The summed E-state index contributed by atoms with van der Waals surface area (Å²) in [6, 6.07) is 7.06. The van der Waals surface area contributed by atoms with Crippen LogP contribution in [0.15, 0.2) is 23.1 Å². The quantitative estimate of drug-likeness (QED) is 0.871. The second-order valence-electron chi connectivity index (χ2n) is 6.73. The van der Waals surface area contributed by atoms with Gasteiger partial charge in [-0.25, -0.2) is 0 Å². The molecule has 0 saturated carbocycles. The Morgan fingerprint density at radius 1 is 1.26 bits per heavy atom. The van der Waals surface area contributed by atoms with Gasteiger partial charge in [0.25, 0.3) is 5.91 Å². The number of nitrogens with one attached hydrogen (secondary N) is 2. The van der Waals surface area contributed by atoms with Gasteiger partial charge < -0.3 is 15.5 Å². The summed E-state index contributed by atoms with van der Waals surface area (Å²) in [4.78, 5) is 27.3. The van der Waals surface area contributed by atoms with E-state index in [0.717, 1.165) is 23.4 Å². The van der Waals surface area contributed by atoms with Crippen LogP contribution in [0, 0.1) is 0 Å². The van der Waals surface area contributed by atoms with Crippen LogP contribution in [0.1, 0.15) is 36.0 Å². The second kappa shape index (κ2) is 5.83. The first-order chi connectivity index (χ1) is 11.1. The number of amides is 2. The Morgan fingerprint density at radius 3 is 2.74 bits per heavy atom. The van der Waals surface area contributed by atoms with E-state index in [1.54, 1.807) is 0 Å². The zero-order valence-electron chi connectivity index (χ0n) is 13.2. The van der Waals surface area contributed by atoms with E-state index < -0.39 is 0 Å². The number of benzene rings is 1. The molecule has 4 rings (SSSR count). The molecule has 2 amide bonds. The molecule has 2 atom stereocenters. The van der Waals surface area contributed by atoms with Crippen molar-refractivity contribution >= 4 is 29.3 Å². The third kappa shape index (κ3) is 2.85. The largest absolute Gasteiger partial charge is 0.339 e. The lowest BCUT2D eigenvalue weighted by Gasteiger charge is -2.35. The van der Waals surface area contributed by atoms with Crippen molar-refractivity contribution < 1.29 is 9.59 Å². The van der Waals surface area contributed by atoms with Crippen LogP contribution in [0.5, 0.6) is 0 Å². The molecule has 3 aliphatic heterocycles. The van der Waals surface area contributed by atoms with Gasteiger partial charge in [0.1, 0.15) is 0 Å². The molecule has 0 aliphatic carbocycles. The lowest BCUT2D eigenvalue weighted by atomic mass is 9.98. The highest BCUT2D eigenvalue weighted by Crippen LogP contribution is 2.33. The molecule has 0 radical (unpaired) electrons. The van der Waals surface area contributed by atoms with Crippen molar-refractivity contribution in [3.05, 3.63) is 23.8 Å². The number of nitrogens with zero attached hydrogens (tertiary/aromatic N) is 1. The number of anilines is 1. The molecule has 2 N–H and O–H groups in total. The molecular weight excluding hydrogens is 310 g/mol. The molecule has 3 heterocycles. The molecule has 0 aromatic heterocycles. The van der Waals surface area contributed by atoms with Gasteiger partial charge in [-0.2, -0.15) is 0 Å². The normalized spacial score (nSPS) is 28.9. The minimum absolute atomic E-state index is 0.00427. The Labute approximate surface area is 140 Å². The smallest absolute Gasteiger partial charge is 0.253 e. The molecular formula is C17H21N3O2S. The summed E-state index contributed by atoms with van der Waals surface area (Å²) < 4.78 is 0. The summed E-state index contributed by atoms with van der Waals surface area (Å²) >= 11 is 1.52. The van der Waals surface area contributed by atoms with Gasteiger partial charge in [-0.1, -0.05) is 0 Å². The number of rotatable bonds is 2. The van der Waals surface area contributed by atoms with E-state index in [2.05, 4.69) is 10.6 Å². The number of carbonyl (C=O) groups excluding carboxylic acids is 2. The highest BCUT2D eigenvalue weighted by molar-refractivity contribution is 8.00. The van der Waals surface area contributed by atoms with Gasteiger partial charge in [-0.05, 0) is 43.9 Å². The van der Waals surface area contributed by atoms with E-state index in [4.69, 9.17) is 0 Å². The average molecular weight is 331 g/mol. The van der Waals surface area contributed by atoms with Crippen molar-refractivity contribution in [1.82, 2.24) is 10.2 Å². The van der Waals surface area contributed by atoms with Gasteiger partial charge in [0.2, 0.25) is 5.91 Å². The average Bonchev–Trinajstić information content (AvgIpc) is 2.90. The van der Waals surface area contributed by atoms with Gasteiger partial charge in [0.05, 0.1) is 11.4 Å². The summed E-state index contributed by atoms with van der Waals surface area (Å²) in [5.41, 5.74) is 1.41. The van der Waals surface area contributed by atoms with Crippen molar-refractivity contribution in [1.29, 1.82) is 0 Å². The molecule has 2 saturated heterocycles. The van der Waals surface area contributed by atoms with E-state index in [1.165, 1.54) is 24.6 Å². The maximum absolute atomic E-state index is 12.8. The Kier molecular flexibility index (Phi) is 3.81. The molecule has 6 heteroatoms. The molecule has 2 bridgehead atoms. The zero-order chi connectivity index (χ0) is 16.0. The minimum atomic E-state index is -0.00427. The maximum atomic E-state index is 12.8. The molecule has 5 nitrogen and oxygen atoms in total. The fraction of sp³-hybridized carbons (Fsp3) is 0.529. The van der Waals surface area contributed by atoms with Crippen LogP contribution < -0.4 is 10.6 Å². The van der Waals surface area contributed by atoms with Crippen LogP contribution in [-0.2, 0) is 4.79 Å². The van der Waals surface area contributed by atoms with E-state index in [-0.39, 0.29) is 11.8 Å². The second-order valence-corrected chi connectivity index (χ2v) is 7.74. The summed E-state index contributed by atoms with van der Waals surface area (Å²) in [5.74, 6) is 0.484. The first-order valence-electron chi connectivity index (χ1n) is 8.20. The van der Waals surface area contributed by atoms with Crippen LogP contribution in [0.25, 0.3) is 0 Å². The van der Waals surface area contributed by atoms with Crippen LogP contribution in [0.2, 0.25) is 0 Å². The third-order valence-corrected chi connectivity index (χ3v) is 6.25. The summed E-state index contributed by atoms with van der Waals surface area (Å²) in [5, 5.41) is 6.47. The minimum Gasteiger partial charge on any atom is -0.339 e. The van der Waals surface area contributed by atoms with Gasteiger partial charge in [-0.3, -0.25) is 9.59 Å². The van der Waals surface area contributed by atoms with Crippen LogP contribution in [0.4, 0.5) is 5.69 Å². The molecule has 23 heavy (non-hydrogen) atoms. The predicted molar refractivity (Wildman–Crippen MR) is 90.9 cm³/mol. The van der Waals surface area contributed by atoms with Gasteiger partial charge in [0, 0.05) is 35.6 Å². The topological polar surface area (TPSA) is 61.4 Å². The summed E-state index contributed by atoms with van der Waals surface area (Å²) in [6.45, 7) is 0. The molecule has 0 spiro atoms. The Balaban J connectivity index is 1.52. The molecule has 2 unspecified atom stereocenters. The standard InChI is InChI=1S/C17H21N3O2S/c1-20(13-7-11-3-4-12(8-13)18-11)17(22)10-2-5-15-14(6-10)19-16(21)9-23-15/h2,5-6,11-13,18H,3-4,7-9H2,1H3,(H,19,21). The van der Waals surface area contributed by atoms with Crippen molar-refractivity contribution in [3.8, 4) is 0 Å². The molecule has 2 fully saturated rings. The third-order valence-electron chi connectivity index (χ3n) is 5.18. The van der Waals surface area contributed by atoms with E-state index in [1.807, 2.05) is 30.1 Å². The van der Waals surface area contributed by atoms with Crippen molar-refractivity contribution in [2.45, 2.75) is 48.7 Å². The number of hydrogen-bond acceptors (Lipinski definition) is 4. The molecule has 1 aromatic carbocycles. The first kappa shape index (κ1) is 15.0. The summed E-state index contributed by atoms with van der Waals surface area (Å²) in [7, 11) is 1.91. The number of carbonyl (C=O) groups is 2. The lowest BCUT2D eigenvalue weighted by Crippen LogP contribution is -2.48. The zero-order valence-corrected chi connectivity index (χ0v) is 14.0. The molecule has 3 aliphatic rings. The Bertz CT molecular complexity index is 651. The number of piperidine rings is 1. The summed E-state index contributed by atoms with van der Waals surface area (Å²) in [6.07, 6.45) is 4.53. The first-order valence-corrected chi connectivity index (χ1v) is 9.18. The monoisotopic (exact) mass is 331 g/mol. The van der Waals surface area contributed by atoms with Crippen molar-refractivity contribution in [2.24, 2.45) is 0 Å². The Hall–Kier alpha value is -1.53. The number of hydrogen-bond donors (Lipinski definition) is 2.